The van der Waals surface area contributed by atoms with E-state index in [1.54, 1.807) is 6.20 Å². The van der Waals surface area contributed by atoms with E-state index in [0.717, 1.165) is 29.3 Å². The Morgan fingerprint density at radius 2 is 2.22 bits per heavy atom. The molecule has 4 nitrogen and oxygen atoms in total. The second-order valence-corrected chi connectivity index (χ2v) is 5.93. The Morgan fingerprint density at radius 1 is 1.30 bits per heavy atom. The lowest BCUT2D eigenvalue weighted by Crippen LogP contribution is -2.26. The van der Waals surface area contributed by atoms with Gasteiger partial charge in [-0.2, -0.15) is 0 Å². The third-order valence-electron chi connectivity index (χ3n) is 3.77. The summed E-state index contributed by atoms with van der Waals surface area (Å²) < 4.78 is 0. The molecule has 5 heteroatoms. The van der Waals surface area contributed by atoms with Crippen LogP contribution in [0, 0.1) is 0 Å². The molecule has 0 fully saturated rings. The average molecular weight is 328 g/mol. The first-order valence-electron chi connectivity index (χ1n) is 7.63. The number of H-pyrrole nitrogens is 1. The Bertz CT molecular complexity index is 798. The number of aryl methyl sites for hydroxylation is 1. The van der Waals surface area contributed by atoms with Gasteiger partial charge in [0.25, 0.3) is 0 Å². The van der Waals surface area contributed by atoms with E-state index in [1.165, 1.54) is 5.56 Å². The summed E-state index contributed by atoms with van der Waals surface area (Å²) in [6, 6.07) is 9.62. The van der Waals surface area contributed by atoms with Gasteiger partial charge in [0.2, 0.25) is 5.91 Å². The zero-order chi connectivity index (χ0) is 16.1. The molecule has 23 heavy (non-hydrogen) atoms. The molecule has 0 bridgehead atoms. The van der Waals surface area contributed by atoms with Crippen LogP contribution in [0.15, 0.2) is 48.9 Å². The van der Waals surface area contributed by atoms with Gasteiger partial charge in [-0.05, 0) is 48.2 Å². The van der Waals surface area contributed by atoms with Crippen LogP contribution in [0.25, 0.3) is 10.9 Å². The molecule has 3 aromatic rings. The Labute approximate surface area is 139 Å². The number of amides is 1. The normalized spacial score (nSPS) is 10.8. The summed E-state index contributed by atoms with van der Waals surface area (Å²) in [7, 11) is 0. The van der Waals surface area contributed by atoms with E-state index < -0.39 is 0 Å². The maximum absolute atomic E-state index is 12.1. The predicted octanol–water partition coefficient (Wildman–Crippen LogP) is 3.51. The number of benzene rings is 1. The Balaban J connectivity index is 1.50. The maximum atomic E-state index is 12.1. The number of halogens is 1. The average Bonchev–Trinajstić information content (AvgIpc) is 2.95. The van der Waals surface area contributed by atoms with Gasteiger partial charge in [0.15, 0.2) is 0 Å². The molecule has 1 aromatic carbocycles. The first-order chi connectivity index (χ1) is 11.2. The van der Waals surface area contributed by atoms with Crippen molar-refractivity contribution in [3.05, 3.63) is 65.1 Å². The van der Waals surface area contributed by atoms with Gasteiger partial charge in [-0.15, -0.1) is 0 Å². The van der Waals surface area contributed by atoms with Crippen LogP contribution in [0.2, 0.25) is 5.02 Å². The summed E-state index contributed by atoms with van der Waals surface area (Å²) in [4.78, 5) is 19.3. The number of aromatic nitrogens is 2. The summed E-state index contributed by atoms with van der Waals surface area (Å²) in [5.41, 5.74) is 3.15. The van der Waals surface area contributed by atoms with Crippen LogP contribution in [0.4, 0.5) is 0 Å². The molecule has 0 radical (unpaired) electrons. The Kier molecular flexibility index (Phi) is 4.93. The molecule has 1 amide bonds. The van der Waals surface area contributed by atoms with Crippen molar-refractivity contribution >= 4 is 28.4 Å². The highest BCUT2D eigenvalue weighted by molar-refractivity contribution is 6.31. The van der Waals surface area contributed by atoms with E-state index in [0.29, 0.717) is 18.0 Å². The molecule has 0 aliphatic rings. The highest BCUT2D eigenvalue weighted by Gasteiger charge is 2.09. The van der Waals surface area contributed by atoms with E-state index in [4.69, 9.17) is 11.6 Å². The molecule has 2 heterocycles. The smallest absolute Gasteiger partial charge is 0.224 e. The van der Waals surface area contributed by atoms with Crippen molar-refractivity contribution < 1.29 is 4.79 Å². The quantitative estimate of drug-likeness (QED) is 0.681. The molecule has 0 atom stereocenters. The lowest BCUT2D eigenvalue weighted by molar-refractivity contribution is -0.120. The van der Waals surface area contributed by atoms with E-state index in [-0.39, 0.29) is 5.91 Å². The van der Waals surface area contributed by atoms with Crippen LogP contribution in [0.1, 0.15) is 17.5 Å². The lowest BCUT2D eigenvalue weighted by atomic mass is 10.1. The number of aromatic amines is 1. The molecule has 0 saturated heterocycles. The van der Waals surface area contributed by atoms with Gasteiger partial charge < -0.3 is 10.3 Å². The zero-order valence-electron chi connectivity index (χ0n) is 12.7. The highest BCUT2D eigenvalue weighted by atomic mass is 35.5. The third kappa shape index (κ3) is 4.11. The first kappa shape index (κ1) is 15.6. The predicted molar refractivity (Wildman–Crippen MR) is 92.6 cm³/mol. The SMILES string of the molecule is O=C(Cc1c[nH]c2ccc(Cl)cc12)NCCCc1cccnc1. The standard InChI is InChI=1S/C18H18ClN3O/c19-15-5-6-17-16(10-15)14(12-22-17)9-18(23)21-8-2-4-13-3-1-7-20-11-13/h1,3,5-7,10-12,22H,2,4,8-9H2,(H,21,23). The number of nitrogens with one attached hydrogen (secondary N) is 2. The van der Waals surface area contributed by atoms with E-state index in [2.05, 4.69) is 15.3 Å². The molecule has 2 aromatic heterocycles. The molecule has 0 unspecified atom stereocenters. The second-order valence-electron chi connectivity index (χ2n) is 5.50. The van der Waals surface area contributed by atoms with Crippen molar-refractivity contribution in [2.45, 2.75) is 19.3 Å². The van der Waals surface area contributed by atoms with E-state index >= 15 is 0 Å². The number of carbonyl (C=O) groups is 1. The molecule has 0 saturated carbocycles. The third-order valence-corrected chi connectivity index (χ3v) is 4.00. The number of fused-ring (bicyclic) bond motifs is 1. The van der Waals surface area contributed by atoms with Crippen molar-refractivity contribution in [3.8, 4) is 0 Å². The van der Waals surface area contributed by atoms with Gasteiger partial charge >= 0.3 is 0 Å². The summed E-state index contributed by atoms with van der Waals surface area (Å²) in [6.45, 7) is 0.664. The van der Waals surface area contributed by atoms with E-state index in [9.17, 15) is 4.79 Å². The van der Waals surface area contributed by atoms with Crippen LogP contribution in [0.5, 0.6) is 0 Å². The summed E-state index contributed by atoms with van der Waals surface area (Å²) in [6.07, 6.45) is 7.66. The molecule has 0 aliphatic heterocycles. The van der Waals surface area contributed by atoms with Gasteiger partial charge in [0, 0.05) is 41.1 Å². The van der Waals surface area contributed by atoms with Gasteiger partial charge in [0.05, 0.1) is 6.42 Å². The molecular formula is C18H18ClN3O. The summed E-state index contributed by atoms with van der Waals surface area (Å²) in [5.74, 6) is 0.0251. The number of carbonyl (C=O) groups excluding carboxylic acids is 1. The van der Waals surface area contributed by atoms with Crippen LogP contribution in [-0.2, 0) is 17.6 Å². The fourth-order valence-corrected chi connectivity index (χ4v) is 2.77. The van der Waals surface area contributed by atoms with Crippen LogP contribution in [0.3, 0.4) is 0 Å². The number of nitrogens with zero attached hydrogens (tertiary/aromatic N) is 1. The number of hydrogen-bond acceptors (Lipinski definition) is 2. The number of rotatable bonds is 6. The number of pyridine rings is 1. The van der Waals surface area contributed by atoms with Gasteiger partial charge in [-0.1, -0.05) is 17.7 Å². The summed E-state index contributed by atoms with van der Waals surface area (Å²) in [5, 5.41) is 4.64. The van der Waals surface area contributed by atoms with Crippen LogP contribution >= 0.6 is 11.6 Å². The van der Waals surface area contributed by atoms with Crippen molar-refractivity contribution in [2.24, 2.45) is 0 Å². The minimum atomic E-state index is 0.0251. The topological polar surface area (TPSA) is 57.8 Å². The molecule has 2 N–H and O–H groups in total. The Hall–Kier alpha value is -2.33. The lowest BCUT2D eigenvalue weighted by Gasteiger charge is -2.05. The highest BCUT2D eigenvalue weighted by Crippen LogP contribution is 2.22. The summed E-state index contributed by atoms with van der Waals surface area (Å²) >= 11 is 6.03. The van der Waals surface area contributed by atoms with Crippen molar-refractivity contribution in [2.75, 3.05) is 6.54 Å². The maximum Gasteiger partial charge on any atom is 0.224 e. The van der Waals surface area contributed by atoms with Gasteiger partial charge in [-0.3, -0.25) is 9.78 Å². The molecule has 118 valence electrons. The van der Waals surface area contributed by atoms with Crippen molar-refractivity contribution in [1.29, 1.82) is 0 Å². The molecule has 3 rings (SSSR count). The molecule has 0 spiro atoms. The van der Waals surface area contributed by atoms with Crippen LogP contribution < -0.4 is 5.32 Å². The first-order valence-corrected chi connectivity index (χ1v) is 8.01. The second kappa shape index (κ2) is 7.29. The monoisotopic (exact) mass is 327 g/mol. The van der Waals surface area contributed by atoms with Gasteiger partial charge in [-0.25, -0.2) is 0 Å². The van der Waals surface area contributed by atoms with E-state index in [1.807, 2.05) is 42.7 Å². The largest absolute Gasteiger partial charge is 0.361 e. The minimum Gasteiger partial charge on any atom is -0.361 e. The van der Waals surface area contributed by atoms with Crippen molar-refractivity contribution in [1.82, 2.24) is 15.3 Å². The van der Waals surface area contributed by atoms with Crippen LogP contribution in [-0.4, -0.2) is 22.4 Å². The Morgan fingerprint density at radius 3 is 3.04 bits per heavy atom. The molecule has 0 aliphatic carbocycles. The fourth-order valence-electron chi connectivity index (χ4n) is 2.60. The van der Waals surface area contributed by atoms with Crippen molar-refractivity contribution in [3.63, 3.8) is 0 Å². The minimum absolute atomic E-state index is 0.0251. The molecular weight excluding hydrogens is 310 g/mol. The number of hydrogen-bond donors (Lipinski definition) is 2. The van der Waals surface area contributed by atoms with Gasteiger partial charge in [0.1, 0.15) is 0 Å². The zero-order valence-corrected chi connectivity index (χ0v) is 13.4. The fraction of sp³-hybridized carbons (Fsp3) is 0.222.